The summed E-state index contributed by atoms with van der Waals surface area (Å²) in [5, 5.41) is 0. The van der Waals surface area contributed by atoms with Crippen molar-refractivity contribution < 1.29 is 9.59 Å². The van der Waals surface area contributed by atoms with Gasteiger partial charge in [0.1, 0.15) is 0 Å². The van der Waals surface area contributed by atoms with E-state index in [9.17, 15) is 9.59 Å². The molecule has 2 N–H and O–H groups in total. The molecular formula is C15H15N3O2. The molecule has 20 heavy (non-hydrogen) atoms. The van der Waals surface area contributed by atoms with Gasteiger partial charge in [-0.25, -0.2) is 0 Å². The Morgan fingerprint density at radius 2 is 1.70 bits per heavy atom. The number of nitrogens with zero attached hydrogens (tertiary/aromatic N) is 2. The van der Waals surface area contributed by atoms with Gasteiger partial charge < -0.3 is 10.6 Å². The molecule has 5 nitrogen and oxygen atoms in total. The summed E-state index contributed by atoms with van der Waals surface area (Å²) in [6.07, 6.45) is 1.64. The van der Waals surface area contributed by atoms with Crippen LogP contribution in [-0.2, 0) is 22.7 Å². The largest absolute Gasteiger partial charge is 0.361 e. The van der Waals surface area contributed by atoms with Crippen molar-refractivity contribution in [3.8, 4) is 0 Å². The monoisotopic (exact) mass is 269 g/mol. The van der Waals surface area contributed by atoms with Gasteiger partial charge >= 0.3 is 11.8 Å². The van der Waals surface area contributed by atoms with Crippen molar-refractivity contribution in [2.24, 2.45) is 5.73 Å². The molecule has 2 rings (SSSR count). The van der Waals surface area contributed by atoms with Crippen molar-refractivity contribution in [2.75, 3.05) is 0 Å². The minimum atomic E-state index is -0.961. The van der Waals surface area contributed by atoms with E-state index in [1.165, 1.54) is 4.90 Å². The highest BCUT2D eigenvalue weighted by atomic mass is 16.2. The summed E-state index contributed by atoms with van der Waals surface area (Å²) in [5.41, 5.74) is 6.73. The normalized spacial score (nSPS) is 10.0. The molecule has 0 unspecified atom stereocenters. The van der Waals surface area contributed by atoms with E-state index in [0.29, 0.717) is 12.2 Å². The maximum absolute atomic E-state index is 11.9. The van der Waals surface area contributed by atoms with Crippen LogP contribution in [0.3, 0.4) is 0 Å². The van der Waals surface area contributed by atoms with E-state index in [0.717, 1.165) is 5.56 Å². The van der Waals surface area contributed by atoms with Crippen LogP contribution in [0.5, 0.6) is 0 Å². The molecule has 1 aromatic heterocycles. The third-order valence-electron chi connectivity index (χ3n) is 2.79. The van der Waals surface area contributed by atoms with Crippen molar-refractivity contribution in [3.05, 3.63) is 66.0 Å². The van der Waals surface area contributed by atoms with E-state index in [4.69, 9.17) is 5.73 Å². The van der Waals surface area contributed by atoms with Gasteiger partial charge in [-0.1, -0.05) is 36.4 Å². The molecule has 0 saturated carbocycles. The minimum Gasteiger partial charge on any atom is -0.361 e. The number of hydrogen-bond acceptors (Lipinski definition) is 3. The fourth-order valence-electron chi connectivity index (χ4n) is 1.85. The zero-order chi connectivity index (χ0) is 14.4. The van der Waals surface area contributed by atoms with Gasteiger partial charge in [0.05, 0.1) is 12.2 Å². The van der Waals surface area contributed by atoms with Crippen LogP contribution in [0.1, 0.15) is 11.3 Å². The lowest BCUT2D eigenvalue weighted by molar-refractivity contribution is -0.145. The van der Waals surface area contributed by atoms with Gasteiger partial charge in [-0.15, -0.1) is 0 Å². The molecule has 0 spiro atoms. The number of aromatic nitrogens is 1. The molecule has 5 heteroatoms. The Kier molecular flexibility index (Phi) is 4.44. The van der Waals surface area contributed by atoms with Crippen molar-refractivity contribution >= 4 is 11.8 Å². The van der Waals surface area contributed by atoms with Crippen LogP contribution >= 0.6 is 0 Å². The van der Waals surface area contributed by atoms with Crippen molar-refractivity contribution in [1.82, 2.24) is 9.88 Å². The van der Waals surface area contributed by atoms with Crippen LogP contribution in [0, 0.1) is 0 Å². The highest BCUT2D eigenvalue weighted by Gasteiger charge is 2.19. The number of rotatable bonds is 4. The maximum atomic E-state index is 11.9. The summed E-state index contributed by atoms with van der Waals surface area (Å²) < 4.78 is 0. The Morgan fingerprint density at radius 3 is 2.30 bits per heavy atom. The van der Waals surface area contributed by atoms with E-state index in [-0.39, 0.29) is 6.54 Å². The molecule has 0 atom stereocenters. The van der Waals surface area contributed by atoms with Crippen molar-refractivity contribution in [2.45, 2.75) is 13.1 Å². The van der Waals surface area contributed by atoms with E-state index < -0.39 is 11.8 Å². The maximum Gasteiger partial charge on any atom is 0.312 e. The van der Waals surface area contributed by atoms with Crippen LogP contribution in [0.2, 0.25) is 0 Å². The molecule has 0 aliphatic rings. The van der Waals surface area contributed by atoms with Crippen molar-refractivity contribution in [1.29, 1.82) is 0 Å². The first-order valence-corrected chi connectivity index (χ1v) is 6.19. The van der Waals surface area contributed by atoms with E-state index in [2.05, 4.69) is 4.98 Å². The number of pyridine rings is 1. The second kappa shape index (κ2) is 6.47. The number of nitrogens with two attached hydrogens (primary N) is 1. The molecule has 2 aromatic rings. The quantitative estimate of drug-likeness (QED) is 0.844. The van der Waals surface area contributed by atoms with Gasteiger partial charge in [0, 0.05) is 12.7 Å². The third kappa shape index (κ3) is 3.65. The van der Waals surface area contributed by atoms with Crippen LogP contribution in [0.15, 0.2) is 54.7 Å². The molecule has 0 radical (unpaired) electrons. The summed E-state index contributed by atoms with van der Waals surface area (Å²) in [6, 6.07) is 14.8. The van der Waals surface area contributed by atoms with Crippen LogP contribution < -0.4 is 5.73 Å². The van der Waals surface area contributed by atoms with Gasteiger partial charge in [0.2, 0.25) is 0 Å². The predicted molar refractivity (Wildman–Crippen MR) is 74.1 cm³/mol. The molecule has 0 saturated heterocycles. The Labute approximate surface area is 117 Å². The number of carbonyl (C=O) groups is 2. The molecular weight excluding hydrogens is 254 g/mol. The Balaban J connectivity index is 2.17. The summed E-state index contributed by atoms with van der Waals surface area (Å²) in [6.45, 7) is 0.566. The molecule has 0 bridgehead atoms. The average Bonchev–Trinajstić information content (AvgIpc) is 2.48. The van der Waals surface area contributed by atoms with Gasteiger partial charge in [-0.05, 0) is 17.7 Å². The van der Waals surface area contributed by atoms with E-state index in [1.54, 1.807) is 18.3 Å². The lowest BCUT2D eigenvalue weighted by Gasteiger charge is -2.20. The first-order valence-electron chi connectivity index (χ1n) is 6.19. The molecule has 102 valence electrons. The number of hydrogen-bond donors (Lipinski definition) is 1. The van der Waals surface area contributed by atoms with E-state index >= 15 is 0 Å². The molecule has 1 aromatic carbocycles. The Hall–Kier alpha value is -2.69. The van der Waals surface area contributed by atoms with Gasteiger partial charge in [-0.3, -0.25) is 14.6 Å². The summed E-state index contributed by atoms with van der Waals surface area (Å²) >= 11 is 0. The van der Waals surface area contributed by atoms with Gasteiger partial charge in [0.25, 0.3) is 0 Å². The zero-order valence-electron chi connectivity index (χ0n) is 10.9. The third-order valence-corrected chi connectivity index (χ3v) is 2.79. The molecule has 0 fully saturated rings. The number of carbonyl (C=O) groups excluding carboxylic acids is 2. The van der Waals surface area contributed by atoms with Gasteiger partial charge in [-0.2, -0.15) is 0 Å². The number of benzene rings is 1. The van der Waals surface area contributed by atoms with Crippen LogP contribution in [0.4, 0.5) is 0 Å². The van der Waals surface area contributed by atoms with Crippen LogP contribution in [-0.4, -0.2) is 21.7 Å². The number of primary amides is 1. The highest BCUT2D eigenvalue weighted by Crippen LogP contribution is 2.08. The lowest BCUT2D eigenvalue weighted by Crippen LogP contribution is -2.39. The smallest absolute Gasteiger partial charge is 0.312 e. The SMILES string of the molecule is NC(=O)C(=O)N(Cc1ccccc1)Cc1ccccn1. The first kappa shape index (κ1) is 13.7. The Morgan fingerprint density at radius 1 is 1.00 bits per heavy atom. The van der Waals surface area contributed by atoms with E-state index in [1.807, 2.05) is 36.4 Å². The summed E-state index contributed by atoms with van der Waals surface area (Å²) in [7, 11) is 0. The first-order chi connectivity index (χ1) is 9.66. The summed E-state index contributed by atoms with van der Waals surface area (Å²) in [5.74, 6) is -1.67. The summed E-state index contributed by atoms with van der Waals surface area (Å²) in [4.78, 5) is 28.6. The van der Waals surface area contributed by atoms with Gasteiger partial charge in [0.15, 0.2) is 0 Å². The second-order valence-corrected chi connectivity index (χ2v) is 4.33. The molecule has 0 aliphatic heterocycles. The minimum absolute atomic E-state index is 0.248. The predicted octanol–water partition coefficient (Wildman–Crippen LogP) is 1.10. The lowest BCUT2D eigenvalue weighted by atomic mass is 10.2. The zero-order valence-corrected chi connectivity index (χ0v) is 10.9. The fourth-order valence-corrected chi connectivity index (χ4v) is 1.85. The molecule has 2 amide bonds. The molecule has 1 heterocycles. The highest BCUT2D eigenvalue weighted by molar-refractivity contribution is 6.34. The Bertz CT molecular complexity index is 543. The topological polar surface area (TPSA) is 76.3 Å². The average molecular weight is 269 g/mol. The second-order valence-electron chi connectivity index (χ2n) is 4.33. The standard InChI is InChI=1S/C15H15N3O2/c16-14(19)15(20)18(10-12-6-2-1-3-7-12)11-13-8-4-5-9-17-13/h1-9H,10-11H2,(H2,16,19). The van der Waals surface area contributed by atoms with Crippen LogP contribution in [0.25, 0.3) is 0 Å². The fraction of sp³-hybridized carbons (Fsp3) is 0.133. The van der Waals surface area contributed by atoms with Crippen molar-refractivity contribution in [3.63, 3.8) is 0 Å². The molecule has 0 aliphatic carbocycles. The number of amides is 2.